The molecule has 1 N–H and O–H groups in total. The van der Waals surface area contributed by atoms with Crippen LogP contribution in [-0.2, 0) is 14.8 Å². The molecule has 0 aliphatic carbocycles. The molecule has 3 heterocycles. The van der Waals surface area contributed by atoms with Crippen molar-refractivity contribution in [1.82, 2.24) is 19.2 Å². The number of imide groups is 1. The minimum Gasteiger partial charge on any atom is -0.353 e. The first-order valence-electron chi connectivity index (χ1n) is 11.2. The number of anilines is 2. The molecule has 1 aromatic heterocycles. The van der Waals surface area contributed by atoms with E-state index in [1.807, 2.05) is 4.90 Å². The zero-order valence-corrected chi connectivity index (χ0v) is 19.9. The first kappa shape index (κ1) is 23.6. The second-order valence-electron chi connectivity index (χ2n) is 8.27. The fraction of sp³-hybridized carbons (Fsp3) is 0.208. The summed E-state index contributed by atoms with van der Waals surface area (Å²) in [4.78, 5) is 48.7. The van der Waals surface area contributed by atoms with E-state index in [0.29, 0.717) is 37.7 Å². The van der Waals surface area contributed by atoms with Crippen LogP contribution in [0.3, 0.4) is 0 Å². The van der Waals surface area contributed by atoms with Crippen molar-refractivity contribution >= 4 is 39.3 Å². The predicted octanol–water partition coefficient (Wildman–Crippen LogP) is 1.22. The van der Waals surface area contributed by atoms with Crippen LogP contribution in [0.25, 0.3) is 0 Å². The molecule has 184 valence electrons. The van der Waals surface area contributed by atoms with Crippen molar-refractivity contribution < 1.29 is 22.8 Å². The summed E-state index contributed by atoms with van der Waals surface area (Å²) in [5.74, 6) is -0.908. The molecule has 1 saturated heterocycles. The van der Waals surface area contributed by atoms with Gasteiger partial charge in [-0.1, -0.05) is 12.1 Å². The third-order valence-corrected chi connectivity index (χ3v) is 7.98. The van der Waals surface area contributed by atoms with Crippen LogP contribution in [0, 0.1) is 0 Å². The molecule has 11 nitrogen and oxygen atoms in total. The van der Waals surface area contributed by atoms with Gasteiger partial charge < -0.3 is 10.2 Å². The van der Waals surface area contributed by atoms with Crippen LogP contribution in [0.15, 0.2) is 72.0 Å². The maximum atomic E-state index is 13.1. The molecule has 12 heteroatoms. The molecule has 5 rings (SSSR count). The quantitative estimate of drug-likeness (QED) is 0.494. The first-order chi connectivity index (χ1) is 17.3. The molecule has 2 aliphatic heterocycles. The topological polar surface area (TPSA) is 133 Å². The van der Waals surface area contributed by atoms with Crippen molar-refractivity contribution in [3.63, 3.8) is 0 Å². The fourth-order valence-electron chi connectivity index (χ4n) is 4.20. The normalized spacial score (nSPS) is 16.2. The number of aromatic nitrogens is 2. The Hall–Kier alpha value is -4.16. The Morgan fingerprint density at radius 1 is 0.889 bits per heavy atom. The number of carbonyl (C=O) groups is 3. The summed E-state index contributed by atoms with van der Waals surface area (Å²) >= 11 is 0. The average molecular weight is 507 g/mol. The van der Waals surface area contributed by atoms with Gasteiger partial charge in [0.05, 0.1) is 22.2 Å². The highest BCUT2D eigenvalue weighted by atomic mass is 32.2. The smallest absolute Gasteiger partial charge is 0.262 e. The number of nitrogens with one attached hydrogen (secondary N) is 1. The van der Waals surface area contributed by atoms with E-state index < -0.39 is 34.3 Å². The van der Waals surface area contributed by atoms with Crippen LogP contribution in [0.4, 0.5) is 11.5 Å². The Bertz CT molecular complexity index is 1390. The molecule has 3 amide bonds. The van der Waals surface area contributed by atoms with Crippen LogP contribution >= 0.6 is 0 Å². The van der Waals surface area contributed by atoms with E-state index in [1.54, 1.807) is 42.9 Å². The summed E-state index contributed by atoms with van der Waals surface area (Å²) < 4.78 is 27.6. The number of sulfonamides is 1. The van der Waals surface area contributed by atoms with Crippen LogP contribution < -0.4 is 10.2 Å². The summed E-state index contributed by atoms with van der Waals surface area (Å²) in [5, 5.41) is 2.61. The van der Waals surface area contributed by atoms with Gasteiger partial charge in [-0.05, 0) is 36.4 Å². The first-order valence-corrected chi connectivity index (χ1v) is 12.6. The molecule has 0 spiro atoms. The number of fused-ring (bicyclic) bond motifs is 1. The van der Waals surface area contributed by atoms with Gasteiger partial charge in [-0.3, -0.25) is 24.3 Å². The van der Waals surface area contributed by atoms with Crippen LogP contribution in [0.5, 0.6) is 0 Å². The molecule has 0 atom stereocenters. The second kappa shape index (κ2) is 9.47. The number of hydrogen-bond acceptors (Lipinski definition) is 8. The highest BCUT2D eigenvalue weighted by molar-refractivity contribution is 7.89. The maximum absolute atomic E-state index is 13.1. The Kier molecular flexibility index (Phi) is 6.20. The summed E-state index contributed by atoms with van der Waals surface area (Å²) in [7, 11) is -3.72. The highest BCUT2D eigenvalue weighted by Crippen LogP contribution is 2.23. The van der Waals surface area contributed by atoms with Crippen molar-refractivity contribution in [1.29, 1.82) is 0 Å². The summed E-state index contributed by atoms with van der Waals surface area (Å²) in [6.07, 6.45) is 4.82. The molecule has 0 radical (unpaired) electrons. The Labute approximate surface area is 207 Å². The van der Waals surface area contributed by atoms with Crippen molar-refractivity contribution in [2.75, 3.05) is 42.9 Å². The Morgan fingerprint density at radius 3 is 2.11 bits per heavy atom. The van der Waals surface area contributed by atoms with Crippen LogP contribution in [-0.4, -0.2) is 78.0 Å². The molecule has 36 heavy (non-hydrogen) atoms. The predicted molar refractivity (Wildman–Crippen MR) is 130 cm³/mol. The van der Waals surface area contributed by atoms with E-state index in [-0.39, 0.29) is 16.0 Å². The van der Waals surface area contributed by atoms with Crippen LogP contribution in [0.2, 0.25) is 0 Å². The van der Waals surface area contributed by atoms with Gasteiger partial charge in [0.25, 0.3) is 11.8 Å². The van der Waals surface area contributed by atoms with E-state index in [1.165, 1.54) is 28.6 Å². The average Bonchev–Trinajstić information content (AvgIpc) is 3.14. The fourth-order valence-corrected chi connectivity index (χ4v) is 5.62. The van der Waals surface area contributed by atoms with E-state index in [4.69, 9.17) is 0 Å². The summed E-state index contributed by atoms with van der Waals surface area (Å²) in [5.41, 5.74) is 0.882. The molecule has 0 unspecified atom stereocenters. The monoisotopic (exact) mass is 506 g/mol. The van der Waals surface area contributed by atoms with Gasteiger partial charge in [-0.25, -0.2) is 13.4 Å². The third kappa shape index (κ3) is 4.43. The lowest BCUT2D eigenvalue weighted by Gasteiger charge is -2.34. The highest BCUT2D eigenvalue weighted by Gasteiger charge is 2.36. The molecule has 0 saturated carbocycles. The zero-order chi connectivity index (χ0) is 25.3. The number of hydrogen-bond donors (Lipinski definition) is 1. The number of rotatable bonds is 6. The van der Waals surface area contributed by atoms with E-state index in [9.17, 15) is 22.8 Å². The Balaban J connectivity index is 1.19. The largest absolute Gasteiger partial charge is 0.353 e. The number of carbonyl (C=O) groups excluding carboxylic acids is 3. The van der Waals surface area contributed by atoms with E-state index in [0.717, 1.165) is 4.90 Å². The van der Waals surface area contributed by atoms with Gasteiger partial charge in [0.2, 0.25) is 15.9 Å². The van der Waals surface area contributed by atoms with Gasteiger partial charge in [0.15, 0.2) is 0 Å². The van der Waals surface area contributed by atoms with Crippen molar-refractivity contribution in [3.05, 3.63) is 78.2 Å². The molecular weight excluding hydrogens is 484 g/mol. The van der Waals surface area contributed by atoms with E-state index >= 15 is 0 Å². The molecular formula is C24H22N6O5S. The zero-order valence-electron chi connectivity index (χ0n) is 19.1. The molecule has 2 aliphatic rings. The van der Waals surface area contributed by atoms with Gasteiger partial charge in [0, 0.05) is 44.3 Å². The molecule has 0 bridgehead atoms. The Morgan fingerprint density at radius 2 is 1.53 bits per heavy atom. The van der Waals surface area contributed by atoms with Crippen molar-refractivity contribution in [2.45, 2.75) is 4.90 Å². The molecule has 1 fully saturated rings. The van der Waals surface area contributed by atoms with Crippen LogP contribution in [0.1, 0.15) is 20.7 Å². The summed E-state index contributed by atoms with van der Waals surface area (Å²) in [6.45, 7) is 1.14. The minimum atomic E-state index is -3.72. The lowest BCUT2D eigenvalue weighted by molar-refractivity contribution is -0.116. The van der Waals surface area contributed by atoms with Gasteiger partial charge >= 0.3 is 0 Å². The standard InChI is InChI=1S/C24H22N6O5S/c31-22(16-30-23(32)19-3-1-2-4-20(19)24(30)33)27-17-5-7-18(8-6-17)36(34,35)29-13-11-28(12-14-29)21-15-25-9-10-26-21/h1-10,15H,11-14,16H2,(H,27,31). The lowest BCUT2D eigenvalue weighted by Crippen LogP contribution is -2.48. The van der Waals surface area contributed by atoms with Gasteiger partial charge in [-0.15, -0.1) is 0 Å². The van der Waals surface area contributed by atoms with Crippen molar-refractivity contribution in [3.8, 4) is 0 Å². The lowest BCUT2D eigenvalue weighted by atomic mass is 10.1. The second-order valence-corrected chi connectivity index (χ2v) is 10.2. The minimum absolute atomic E-state index is 0.105. The third-order valence-electron chi connectivity index (χ3n) is 6.07. The SMILES string of the molecule is O=C(CN1C(=O)c2ccccc2C1=O)Nc1ccc(S(=O)(=O)N2CCN(c3cnccn3)CC2)cc1. The maximum Gasteiger partial charge on any atom is 0.262 e. The number of nitrogens with zero attached hydrogens (tertiary/aromatic N) is 5. The van der Waals surface area contributed by atoms with Gasteiger partial charge in [-0.2, -0.15) is 4.31 Å². The number of benzene rings is 2. The summed E-state index contributed by atoms with van der Waals surface area (Å²) in [6, 6.07) is 12.2. The molecule has 3 aromatic rings. The number of piperazine rings is 1. The number of amides is 3. The van der Waals surface area contributed by atoms with E-state index in [2.05, 4.69) is 15.3 Å². The van der Waals surface area contributed by atoms with Crippen molar-refractivity contribution in [2.24, 2.45) is 0 Å². The molecule has 2 aromatic carbocycles. The van der Waals surface area contributed by atoms with Gasteiger partial charge in [0.1, 0.15) is 12.4 Å².